The number of carboxylic acid groups (broad SMARTS) is 1. The van der Waals surface area contributed by atoms with Crippen LogP contribution >= 0.6 is 0 Å². The van der Waals surface area contributed by atoms with Crippen molar-refractivity contribution in [2.75, 3.05) is 6.54 Å². The first-order valence-corrected chi connectivity index (χ1v) is 6.75. The predicted octanol–water partition coefficient (Wildman–Crippen LogP) is 2.12. The van der Waals surface area contributed by atoms with Crippen LogP contribution < -0.4 is 10.6 Å². The average Bonchev–Trinajstić information content (AvgIpc) is 2.29. The molecule has 1 atom stereocenters. The molecule has 104 valence electrons. The molecule has 5 heteroatoms. The second-order valence-corrected chi connectivity index (χ2v) is 5.40. The number of carbonyl (C=O) groups is 2. The number of carboxylic acids is 1. The molecule has 0 bridgehead atoms. The van der Waals surface area contributed by atoms with Gasteiger partial charge in [0.15, 0.2) is 0 Å². The van der Waals surface area contributed by atoms with Gasteiger partial charge in [0, 0.05) is 12.1 Å². The highest BCUT2D eigenvalue weighted by Gasteiger charge is 2.28. The summed E-state index contributed by atoms with van der Waals surface area (Å²) < 4.78 is 0. The van der Waals surface area contributed by atoms with Crippen molar-refractivity contribution in [1.82, 2.24) is 10.6 Å². The fraction of sp³-hybridized carbons (Fsp3) is 0.846. The molecule has 0 heterocycles. The zero-order valence-corrected chi connectivity index (χ0v) is 11.3. The van der Waals surface area contributed by atoms with Crippen molar-refractivity contribution in [2.24, 2.45) is 5.92 Å². The van der Waals surface area contributed by atoms with Gasteiger partial charge in [-0.25, -0.2) is 4.79 Å². The number of amides is 2. The summed E-state index contributed by atoms with van der Waals surface area (Å²) in [6, 6.07) is -0.251. The number of urea groups is 1. The number of rotatable bonds is 5. The molecule has 0 saturated heterocycles. The van der Waals surface area contributed by atoms with E-state index in [4.69, 9.17) is 5.11 Å². The smallest absolute Gasteiger partial charge is 0.315 e. The Bertz CT molecular complexity index is 299. The van der Waals surface area contributed by atoms with E-state index in [9.17, 15) is 9.59 Å². The van der Waals surface area contributed by atoms with Crippen LogP contribution in [-0.4, -0.2) is 29.2 Å². The van der Waals surface area contributed by atoms with Crippen LogP contribution in [-0.2, 0) is 4.79 Å². The average molecular weight is 256 g/mol. The molecule has 0 aromatic carbocycles. The van der Waals surface area contributed by atoms with E-state index in [0.717, 1.165) is 25.7 Å². The van der Waals surface area contributed by atoms with Gasteiger partial charge in [0.1, 0.15) is 0 Å². The molecule has 1 rings (SSSR count). The van der Waals surface area contributed by atoms with Crippen LogP contribution in [0.5, 0.6) is 0 Å². The van der Waals surface area contributed by atoms with Gasteiger partial charge < -0.3 is 15.7 Å². The van der Waals surface area contributed by atoms with E-state index in [1.54, 1.807) is 6.92 Å². The molecule has 0 aliphatic heterocycles. The van der Waals surface area contributed by atoms with Crippen molar-refractivity contribution in [3.63, 3.8) is 0 Å². The highest BCUT2D eigenvalue weighted by atomic mass is 16.4. The molecule has 1 saturated carbocycles. The van der Waals surface area contributed by atoms with E-state index in [1.807, 2.05) is 0 Å². The first-order valence-electron chi connectivity index (χ1n) is 6.75. The fourth-order valence-electron chi connectivity index (χ4n) is 2.40. The highest BCUT2D eigenvalue weighted by molar-refractivity contribution is 5.76. The molecule has 0 aromatic rings. The first-order chi connectivity index (χ1) is 8.47. The molecule has 1 aliphatic rings. The van der Waals surface area contributed by atoms with Crippen molar-refractivity contribution in [1.29, 1.82) is 0 Å². The summed E-state index contributed by atoms with van der Waals surface area (Å²) in [7, 11) is 0. The Hall–Kier alpha value is -1.26. The topological polar surface area (TPSA) is 78.4 Å². The molecular formula is C13H24N2O3. The van der Waals surface area contributed by atoms with Gasteiger partial charge >= 0.3 is 12.0 Å². The molecule has 0 aromatic heterocycles. The maximum absolute atomic E-state index is 11.7. The molecule has 1 fully saturated rings. The van der Waals surface area contributed by atoms with Gasteiger partial charge in [-0.1, -0.05) is 26.2 Å². The maximum Gasteiger partial charge on any atom is 0.315 e. The van der Waals surface area contributed by atoms with E-state index in [2.05, 4.69) is 17.6 Å². The van der Waals surface area contributed by atoms with Crippen molar-refractivity contribution in [3.8, 4) is 0 Å². The molecule has 18 heavy (non-hydrogen) atoms. The Kier molecular flexibility index (Phi) is 5.44. The molecule has 1 unspecified atom stereocenters. The maximum atomic E-state index is 11.7. The predicted molar refractivity (Wildman–Crippen MR) is 69.4 cm³/mol. The summed E-state index contributed by atoms with van der Waals surface area (Å²) in [5, 5.41) is 14.5. The van der Waals surface area contributed by atoms with E-state index in [0.29, 0.717) is 6.42 Å². The first kappa shape index (κ1) is 14.8. The molecule has 5 nitrogen and oxygen atoms in total. The molecule has 3 N–H and O–H groups in total. The third kappa shape index (κ3) is 4.55. The number of hydrogen-bond acceptors (Lipinski definition) is 2. The van der Waals surface area contributed by atoms with Crippen LogP contribution in [0, 0.1) is 5.92 Å². The van der Waals surface area contributed by atoms with Crippen LogP contribution in [0.4, 0.5) is 4.79 Å². The standard InChI is InChI=1S/C13H24N2O3/c1-3-10(11(16)17)9-14-12(18)15-13(2)7-5-4-6-8-13/h10H,3-9H2,1-2H3,(H,16,17)(H2,14,15,18). The number of hydrogen-bond donors (Lipinski definition) is 3. The highest BCUT2D eigenvalue weighted by Crippen LogP contribution is 2.27. The molecule has 0 radical (unpaired) electrons. The van der Waals surface area contributed by atoms with Crippen LogP contribution in [0.3, 0.4) is 0 Å². The van der Waals surface area contributed by atoms with Crippen molar-refractivity contribution in [3.05, 3.63) is 0 Å². The molecular weight excluding hydrogens is 232 g/mol. The van der Waals surface area contributed by atoms with Gasteiger partial charge in [-0.2, -0.15) is 0 Å². The number of carbonyl (C=O) groups excluding carboxylic acids is 1. The lowest BCUT2D eigenvalue weighted by Gasteiger charge is -2.34. The van der Waals surface area contributed by atoms with Crippen molar-refractivity contribution in [2.45, 2.75) is 57.9 Å². The lowest BCUT2D eigenvalue weighted by atomic mass is 9.83. The van der Waals surface area contributed by atoms with Gasteiger partial charge in [-0.05, 0) is 26.2 Å². The summed E-state index contributed by atoms with van der Waals surface area (Å²) in [6.45, 7) is 4.05. The van der Waals surface area contributed by atoms with Gasteiger partial charge in [-0.15, -0.1) is 0 Å². The summed E-state index contributed by atoms with van der Waals surface area (Å²) >= 11 is 0. The van der Waals surface area contributed by atoms with Crippen LogP contribution in [0.1, 0.15) is 52.4 Å². The second-order valence-electron chi connectivity index (χ2n) is 5.40. The number of nitrogens with one attached hydrogen (secondary N) is 2. The molecule has 2 amide bonds. The van der Waals surface area contributed by atoms with Crippen molar-refractivity contribution >= 4 is 12.0 Å². The lowest BCUT2D eigenvalue weighted by molar-refractivity contribution is -0.141. The van der Waals surface area contributed by atoms with Crippen molar-refractivity contribution < 1.29 is 14.7 Å². The second kappa shape index (κ2) is 6.61. The van der Waals surface area contributed by atoms with Crippen LogP contribution in [0.25, 0.3) is 0 Å². The minimum absolute atomic E-state index is 0.132. The summed E-state index contributed by atoms with van der Waals surface area (Å²) in [5.41, 5.74) is -0.132. The SMILES string of the molecule is CCC(CNC(=O)NC1(C)CCCCC1)C(=O)O. The number of aliphatic carboxylic acids is 1. The lowest BCUT2D eigenvalue weighted by Crippen LogP contribution is -2.52. The largest absolute Gasteiger partial charge is 0.481 e. The summed E-state index contributed by atoms with van der Waals surface area (Å²) in [4.78, 5) is 22.6. The van der Waals surface area contributed by atoms with E-state index in [1.165, 1.54) is 6.42 Å². The normalized spacial score (nSPS) is 19.9. The van der Waals surface area contributed by atoms with E-state index < -0.39 is 11.9 Å². The Balaban J connectivity index is 2.34. The van der Waals surface area contributed by atoms with Crippen LogP contribution in [0.15, 0.2) is 0 Å². The zero-order chi connectivity index (χ0) is 13.6. The zero-order valence-electron chi connectivity index (χ0n) is 11.3. The van der Waals surface area contributed by atoms with E-state index in [-0.39, 0.29) is 18.1 Å². The van der Waals surface area contributed by atoms with Gasteiger partial charge in [0.05, 0.1) is 5.92 Å². The monoisotopic (exact) mass is 256 g/mol. The van der Waals surface area contributed by atoms with Gasteiger partial charge in [0.25, 0.3) is 0 Å². The molecule has 1 aliphatic carbocycles. The Morgan fingerprint density at radius 1 is 1.28 bits per heavy atom. The minimum atomic E-state index is -0.860. The summed E-state index contributed by atoms with van der Waals surface area (Å²) in [5.74, 6) is -1.36. The Morgan fingerprint density at radius 2 is 1.89 bits per heavy atom. The Labute approximate surface area is 108 Å². The van der Waals surface area contributed by atoms with Crippen LogP contribution in [0.2, 0.25) is 0 Å². The van der Waals surface area contributed by atoms with Gasteiger partial charge in [-0.3, -0.25) is 4.79 Å². The molecule has 0 spiro atoms. The third-order valence-electron chi connectivity index (χ3n) is 3.72. The minimum Gasteiger partial charge on any atom is -0.481 e. The van der Waals surface area contributed by atoms with Gasteiger partial charge in [0.2, 0.25) is 0 Å². The Morgan fingerprint density at radius 3 is 2.39 bits per heavy atom. The quantitative estimate of drug-likeness (QED) is 0.705. The fourth-order valence-corrected chi connectivity index (χ4v) is 2.40. The third-order valence-corrected chi connectivity index (χ3v) is 3.72. The summed E-state index contributed by atoms with van der Waals surface area (Å²) in [6.07, 6.45) is 6.03. The van der Waals surface area contributed by atoms with E-state index >= 15 is 0 Å².